The van der Waals surface area contributed by atoms with E-state index >= 15 is 0 Å². The zero-order chi connectivity index (χ0) is 16.7. The highest BCUT2D eigenvalue weighted by molar-refractivity contribution is 5.97. The Hall–Kier alpha value is -2.83. The van der Waals surface area contributed by atoms with Crippen LogP contribution in [0.15, 0.2) is 42.7 Å². The Morgan fingerprint density at radius 1 is 1.25 bits per heavy atom. The van der Waals surface area contributed by atoms with E-state index in [1.807, 2.05) is 36.5 Å². The third-order valence-electron chi connectivity index (χ3n) is 4.86. The molecule has 7 heteroatoms. The molecule has 2 atom stereocenters. The summed E-state index contributed by atoms with van der Waals surface area (Å²) in [5.41, 5.74) is 1.65. The minimum Gasteiger partial charge on any atom is -0.324 e. The van der Waals surface area contributed by atoms with Crippen molar-refractivity contribution in [1.82, 2.24) is 19.6 Å². The number of amides is 3. The average Bonchev–Trinajstić information content (AvgIpc) is 3.21. The number of hydrogen-bond acceptors (Lipinski definition) is 3. The molecule has 0 saturated carbocycles. The van der Waals surface area contributed by atoms with Gasteiger partial charge in [0.1, 0.15) is 6.04 Å². The molecule has 1 aromatic carbocycles. The molecule has 2 fully saturated rings. The number of hydrogen-bond donors (Lipinski definition) is 1. The Morgan fingerprint density at radius 3 is 2.75 bits per heavy atom. The molecule has 1 N–H and O–H groups in total. The van der Waals surface area contributed by atoms with Gasteiger partial charge in [-0.3, -0.25) is 4.79 Å². The lowest BCUT2D eigenvalue weighted by Gasteiger charge is -2.29. The fourth-order valence-electron chi connectivity index (χ4n) is 3.46. The lowest BCUT2D eigenvalue weighted by molar-refractivity contribution is -0.120. The van der Waals surface area contributed by atoms with Crippen LogP contribution < -0.4 is 5.32 Å². The molecule has 2 aliphatic heterocycles. The van der Waals surface area contributed by atoms with Crippen LogP contribution in [-0.4, -0.2) is 57.2 Å². The van der Waals surface area contributed by atoms with E-state index in [0.717, 1.165) is 17.8 Å². The number of nitrogens with one attached hydrogen (secondary N) is 1. The summed E-state index contributed by atoms with van der Waals surface area (Å²) in [6, 6.07) is 9.15. The standard InChI is InChI=1S/C17H19N5O2/c1-20-14-7-8-15(21(11-14)17(20)24)16(23)19-12-3-5-13(6-4-12)22-10-2-9-18-22/h2-6,9-10,14-15H,7-8,11H2,1H3,(H,19,23)/t14-,15+/m1/s1. The molecule has 4 rings (SSSR count). The first-order valence-corrected chi connectivity index (χ1v) is 8.08. The molecule has 2 aliphatic rings. The van der Waals surface area contributed by atoms with Crippen molar-refractivity contribution in [2.45, 2.75) is 24.9 Å². The van der Waals surface area contributed by atoms with Gasteiger partial charge in [-0.25, -0.2) is 9.48 Å². The first-order chi connectivity index (χ1) is 11.6. The lowest BCUT2D eigenvalue weighted by atomic mass is 10.00. The van der Waals surface area contributed by atoms with Crippen LogP contribution in [0, 0.1) is 0 Å². The maximum Gasteiger partial charge on any atom is 0.320 e. The Kier molecular flexibility index (Phi) is 3.48. The van der Waals surface area contributed by atoms with Crippen molar-refractivity contribution < 1.29 is 9.59 Å². The molecule has 0 radical (unpaired) electrons. The van der Waals surface area contributed by atoms with Crippen LogP contribution in [0.25, 0.3) is 5.69 Å². The second-order valence-corrected chi connectivity index (χ2v) is 6.28. The zero-order valence-corrected chi connectivity index (χ0v) is 13.4. The van der Waals surface area contributed by atoms with Gasteiger partial charge in [0.05, 0.1) is 11.7 Å². The van der Waals surface area contributed by atoms with Crippen molar-refractivity contribution in [1.29, 1.82) is 0 Å². The van der Waals surface area contributed by atoms with Gasteiger partial charge in [0, 0.05) is 31.7 Å². The molecule has 124 valence electrons. The summed E-state index contributed by atoms with van der Waals surface area (Å²) in [6.07, 6.45) is 5.16. The van der Waals surface area contributed by atoms with Gasteiger partial charge < -0.3 is 15.1 Å². The molecule has 1 aromatic heterocycles. The molecule has 0 spiro atoms. The SMILES string of the molecule is CN1C(=O)N2C[C@H]1CC[C@H]2C(=O)Nc1ccc(-n2cccn2)cc1. The van der Waals surface area contributed by atoms with Crippen molar-refractivity contribution in [3.63, 3.8) is 0 Å². The van der Waals surface area contributed by atoms with Gasteiger partial charge in [0.25, 0.3) is 0 Å². The van der Waals surface area contributed by atoms with Crippen molar-refractivity contribution in [2.24, 2.45) is 0 Å². The fourth-order valence-corrected chi connectivity index (χ4v) is 3.46. The molecular formula is C17H19N5O2. The van der Waals surface area contributed by atoms with Gasteiger partial charge in [0.15, 0.2) is 0 Å². The van der Waals surface area contributed by atoms with E-state index in [0.29, 0.717) is 13.0 Å². The predicted octanol–water partition coefficient (Wildman–Crippen LogP) is 1.71. The number of likely N-dealkylation sites (N-methyl/N-ethyl adjacent to an activating group) is 1. The minimum atomic E-state index is -0.385. The van der Waals surface area contributed by atoms with Crippen LogP contribution in [0.3, 0.4) is 0 Å². The van der Waals surface area contributed by atoms with Gasteiger partial charge >= 0.3 is 6.03 Å². The number of carbonyl (C=O) groups excluding carboxylic acids is 2. The lowest BCUT2D eigenvalue weighted by Crippen LogP contribution is -2.47. The van der Waals surface area contributed by atoms with E-state index in [4.69, 9.17) is 0 Å². The van der Waals surface area contributed by atoms with E-state index in [-0.39, 0.29) is 24.0 Å². The van der Waals surface area contributed by atoms with Gasteiger partial charge in [0.2, 0.25) is 5.91 Å². The molecule has 2 saturated heterocycles. The molecule has 2 aromatic rings. The number of carbonyl (C=O) groups is 2. The summed E-state index contributed by atoms with van der Waals surface area (Å²) >= 11 is 0. The number of piperidine rings is 1. The van der Waals surface area contributed by atoms with Crippen molar-refractivity contribution in [3.05, 3.63) is 42.7 Å². The van der Waals surface area contributed by atoms with E-state index in [9.17, 15) is 9.59 Å². The van der Waals surface area contributed by atoms with Crippen LogP contribution in [0.4, 0.5) is 10.5 Å². The van der Waals surface area contributed by atoms with E-state index in [1.165, 1.54) is 0 Å². The normalized spacial score (nSPS) is 22.8. The third kappa shape index (κ3) is 2.42. The fraction of sp³-hybridized carbons (Fsp3) is 0.353. The van der Waals surface area contributed by atoms with Crippen LogP contribution in [0.2, 0.25) is 0 Å². The van der Waals surface area contributed by atoms with Crippen molar-refractivity contribution in [3.8, 4) is 5.69 Å². The smallest absolute Gasteiger partial charge is 0.320 e. The first-order valence-electron chi connectivity index (χ1n) is 8.08. The van der Waals surface area contributed by atoms with Crippen LogP contribution >= 0.6 is 0 Å². The maximum atomic E-state index is 12.6. The molecule has 0 aliphatic carbocycles. The predicted molar refractivity (Wildman–Crippen MR) is 88.9 cm³/mol. The Morgan fingerprint density at radius 2 is 2.04 bits per heavy atom. The number of aromatic nitrogens is 2. The first kappa shape index (κ1) is 14.7. The molecule has 0 unspecified atom stereocenters. The molecule has 24 heavy (non-hydrogen) atoms. The maximum absolute atomic E-state index is 12.6. The molecule has 7 nitrogen and oxygen atoms in total. The quantitative estimate of drug-likeness (QED) is 0.934. The van der Waals surface area contributed by atoms with Gasteiger partial charge in [-0.15, -0.1) is 0 Å². The summed E-state index contributed by atoms with van der Waals surface area (Å²) < 4.78 is 1.76. The number of nitrogens with zero attached hydrogens (tertiary/aromatic N) is 4. The highest BCUT2D eigenvalue weighted by Crippen LogP contribution is 2.29. The third-order valence-corrected chi connectivity index (χ3v) is 4.86. The van der Waals surface area contributed by atoms with Crippen LogP contribution in [-0.2, 0) is 4.79 Å². The van der Waals surface area contributed by atoms with E-state index in [1.54, 1.807) is 27.7 Å². The molecule has 2 bridgehead atoms. The number of urea groups is 1. The Labute approximate surface area is 139 Å². The summed E-state index contributed by atoms with van der Waals surface area (Å²) in [5, 5.41) is 7.09. The molecule has 3 amide bonds. The highest BCUT2D eigenvalue weighted by atomic mass is 16.2. The average molecular weight is 325 g/mol. The van der Waals surface area contributed by atoms with Gasteiger partial charge in [-0.2, -0.15) is 5.10 Å². The Balaban J connectivity index is 1.45. The topological polar surface area (TPSA) is 70.5 Å². The van der Waals surface area contributed by atoms with E-state index in [2.05, 4.69) is 10.4 Å². The van der Waals surface area contributed by atoms with Crippen LogP contribution in [0.5, 0.6) is 0 Å². The largest absolute Gasteiger partial charge is 0.324 e. The van der Waals surface area contributed by atoms with Crippen molar-refractivity contribution >= 4 is 17.6 Å². The second-order valence-electron chi connectivity index (χ2n) is 6.28. The summed E-state index contributed by atoms with van der Waals surface area (Å²) in [6.45, 7) is 0.645. The molecule has 3 heterocycles. The van der Waals surface area contributed by atoms with E-state index < -0.39 is 0 Å². The number of benzene rings is 1. The second kappa shape index (κ2) is 5.67. The zero-order valence-electron chi connectivity index (χ0n) is 13.4. The monoisotopic (exact) mass is 325 g/mol. The van der Waals surface area contributed by atoms with Gasteiger partial charge in [-0.05, 0) is 43.2 Å². The summed E-state index contributed by atoms with van der Waals surface area (Å²) in [4.78, 5) is 28.2. The molecular weight excluding hydrogens is 306 g/mol. The van der Waals surface area contributed by atoms with Crippen molar-refractivity contribution in [2.75, 3.05) is 18.9 Å². The van der Waals surface area contributed by atoms with Crippen LogP contribution in [0.1, 0.15) is 12.8 Å². The Bertz CT molecular complexity index is 756. The number of fused-ring (bicyclic) bond motifs is 2. The number of rotatable bonds is 3. The van der Waals surface area contributed by atoms with Gasteiger partial charge in [-0.1, -0.05) is 0 Å². The highest BCUT2D eigenvalue weighted by Gasteiger charge is 2.45. The number of anilines is 1. The summed E-state index contributed by atoms with van der Waals surface area (Å²) in [7, 11) is 1.81. The minimum absolute atomic E-state index is 0.0494. The summed E-state index contributed by atoms with van der Waals surface area (Å²) in [5.74, 6) is -0.121.